The van der Waals surface area contributed by atoms with Gasteiger partial charge in [0.05, 0.1) is 33.1 Å². The molecule has 0 spiro atoms. The lowest BCUT2D eigenvalue weighted by Gasteiger charge is -2.25. The fourth-order valence-electron chi connectivity index (χ4n) is 3.29. The molecule has 1 aromatic heterocycles. The Hall–Kier alpha value is -1.78. The third-order valence-corrected chi connectivity index (χ3v) is 4.91. The van der Waals surface area contributed by atoms with Gasteiger partial charge in [-0.25, -0.2) is 0 Å². The minimum absolute atomic E-state index is 0. The summed E-state index contributed by atoms with van der Waals surface area (Å²) in [5.74, 6) is 2.73. The maximum Gasteiger partial charge on any atom is 0.191 e. The molecular weight excluding hydrogens is 495 g/mol. The van der Waals surface area contributed by atoms with Crippen LogP contribution in [0.4, 0.5) is 0 Å². The topological polar surface area (TPSA) is 71.3 Å². The smallest absolute Gasteiger partial charge is 0.191 e. The number of aliphatic imine (C=N–C) groups is 1. The standard InChI is InChI=1S/C22H32N4O3.HI/c1-27-21-7-3-2-5-19(21)8-10-23-22(24-11-9-20-6-4-16-29-20)25-12-13-26-14-17-28-18-15-26;/h2-7,16H,8-15,17-18H2,1H3,(H2,23,24,25);1H. The Bertz CT molecular complexity index is 734. The fourth-order valence-corrected chi connectivity index (χ4v) is 3.29. The van der Waals surface area contributed by atoms with E-state index in [4.69, 9.17) is 18.9 Å². The SMILES string of the molecule is COc1ccccc1CCNC(=NCCN1CCOCC1)NCCc1ccco1.I. The maximum atomic E-state index is 5.44. The van der Waals surface area contributed by atoms with Crippen LogP contribution >= 0.6 is 24.0 Å². The van der Waals surface area contributed by atoms with Gasteiger partial charge in [0.2, 0.25) is 0 Å². The highest BCUT2D eigenvalue weighted by atomic mass is 127. The molecule has 1 aromatic carbocycles. The first-order chi connectivity index (χ1) is 14.3. The zero-order valence-corrected chi connectivity index (χ0v) is 20.0. The van der Waals surface area contributed by atoms with Crippen LogP contribution in [0, 0.1) is 0 Å². The van der Waals surface area contributed by atoms with E-state index in [1.54, 1.807) is 13.4 Å². The van der Waals surface area contributed by atoms with Crippen molar-refractivity contribution in [3.8, 4) is 5.75 Å². The van der Waals surface area contributed by atoms with Crippen molar-refractivity contribution in [1.29, 1.82) is 0 Å². The van der Waals surface area contributed by atoms with Crippen molar-refractivity contribution in [1.82, 2.24) is 15.5 Å². The van der Waals surface area contributed by atoms with Gasteiger partial charge in [-0.1, -0.05) is 18.2 Å². The van der Waals surface area contributed by atoms with Crippen LogP contribution in [0.2, 0.25) is 0 Å². The summed E-state index contributed by atoms with van der Waals surface area (Å²) in [5.41, 5.74) is 1.19. The summed E-state index contributed by atoms with van der Waals surface area (Å²) in [7, 11) is 1.71. The largest absolute Gasteiger partial charge is 0.496 e. The molecule has 30 heavy (non-hydrogen) atoms. The fraction of sp³-hybridized carbons (Fsp3) is 0.500. The van der Waals surface area contributed by atoms with E-state index in [-0.39, 0.29) is 24.0 Å². The summed E-state index contributed by atoms with van der Waals surface area (Å²) in [6.45, 7) is 6.85. The molecule has 1 fully saturated rings. The van der Waals surface area contributed by atoms with Gasteiger partial charge in [0.15, 0.2) is 5.96 Å². The highest BCUT2D eigenvalue weighted by Gasteiger charge is 2.09. The van der Waals surface area contributed by atoms with Gasteiger partial charge < -0.3 is 24.5 Å². The number of ether oxygens (including phenoxy) is 2. The number of halogens is 1. The number of para-hydroxylation sites is 1. The second-order valence-electron chi connectivity index (χ2n) is 6.93. The summed E-state index contributed by atoms with van der Waals surface area (Å²) in [6, 6.07) is 12.0. The molecule has 3 rings (SSSR count). The Morgan fingerprint density at radius 1 is 1.07 bits per heavy atom. The van der Waals surface area contributed by atoms with Crippen molar-refractivity contribution < 1.29 is 13.9 Å². The number of morpholine rings is 1. The van der Waals surface area contributed by atoms with Gasteiger partial charge in [0.1, 0.15) is 11.5 Å². The second kappa shape index (κ2) is 14.3. The highest BCUT2D eigenvalue weighted by molar-refractivity contribution is 14.0. The maximum absolute atomic E-state index is 5.44. The predicted molar refractivity (Wildman–Crippen MR) is 130 cm³/mol. The summed E-state index contributed by atoms with van der Waals surface area (Å²) < 4.78 is 16.3. The van der Waals surface area contributed by atoms with E-state index in [2.05, 4.69) is 21.6 Å². The molecule has 0 atom stereocenters. The normalized spacial score (nSPS) is 14.8. The van der Waals surface area contributed by atoms with Crippen molar-refractivity contribution in [2.24, 2.45) is 4.99 Å². The van der Waals surface area contributed by atoms with E-state index in [0.29, 0.717) is 0 Å². The monoisotopic (exact) mass is 528 g/mol. The molecule has 8 heteroatoms. The van der Waals surface area contributed by atoms with Crippen LogP contribution in [-0.2, 0) is 17.6 Å². The Morgan fingerprint density at radius 3 is 2.57 bits per heavy atom. The van der Waals surface area contributed by atoms with Crippen LogP contribution in [0.15, 0.2) is 52.1 Å². The summed E-state index contributed by atoms with van der Waals surface area (Å²) >= 11 is 0. The van der Waals surface area contributed by atoms with E-state index in [1.807, 2.05) is 30.3 Å². The van der Waals surface area contributed by atoms with E-state index < -0.39 is 0 Å². The van der Waals surface area contributed by atoms with Crippen LogP contribution in [0.1, 0.15) is 11.3 Å². The third kappa shape index (κ3) is 8.53. The summed E-state index contributed by atoms with van der Waals surface area (Å²) in [5, 5.41) is 6.86. The molecule has 1 aliphatic heterocycles. The first-order valence-corrected chi connectivity index (χ1v) is 10.3. The number of guanidine groups is 1. The minimum Gasteiger partial charge on any atom is -0.496 e. The van der Waals surface area contributed by atoms with Crippen molar-refractivity contribution in [3.05, 3.63) is 54.0 Å². The zero-order chi connectivity index (χ0) is 20.2. The molecule has 0 aliphatic carbocycles. The van der Waals surface area contributed by atoms with Crippen LogP contribution < -0.4 is 15.4 Å². The number of benzene rings is 1. The van der Waals surface area contributed by atoms with Crippen LogP contribution in [0.25, 0.3) is 0 Å². The van der Waals surface area contributed by atoms with Crippen LogP contribution in [-0.4, -0.2) is 70.5 Å². The number of furan rings is 1. The van der Waals surface area contributed by atoms with Crippen molar-refractivity contribution in [2.45, 2.75) is 12.8 Å². The molecule has 1 saturated heterocycles. The molecule has 0 unspecified atom stereocenters. The molecule has 166 valence electrons. The first-order valence-electron chi connectivity index (χ1n) is 10.3. The van der Waals surface area contributed by atoms with E-state index in [0.717, 1.165) is 82.8 Å². The van der Waals surface area contributed by atoms with Gasteiger partial charge >= 0.3 is 0 Å². The average Bonchev–Trinajstić information content (AvgIpc) is 3.28. The molecule has 7 nitrogen and oxygen atoms in total. The highest BCUT2D eigenvalue weighted by Crippen LogP contribution is 2.17. The molecular formula is C22H33IN4O3. The van der Waals surface area contributed by atoms with Gasteiger partial charge in [0, 0.05) is 39.1 Å². The Morgan fingerprint density at radius 2 is 1.83 bits per heavy atom. The van der Waals surface area contributed by atoms with Crippen LogP contribution in [0.3, 0.4) is 0 Å². The lowest BCUT2D eigenvalue weighted by atomic mass is 10.1. The second-order valence-corrected chi connectivity index (χ2v) is 6.93. The van der Waals surface area contributed by atoms with Crippen LogP contribution in [0.5, 0.6) is 5.75 Å². The Balaban J connectivity index is 0.00000320. The van der Waals surface area contributed by atoms with E-state index in [9.17, 15) is 0 Å². The summed E-state index contributed by atoms with van der Waals surface area (Å²) in [6.07, 6.45) is 3.40. The quantitative estimate of drug-likeness (QED) is 0.281. The number of hydrogen-bond acceptors (Lipinski definition) is 5. The summed E-state index contributed by atoms with van der Waals surface area (Å²) in [4.78, 5) is 7.15. The van der Waals surface area contributed by atoms with Gasteiger partial charge in [-0.2, -0.15) is 0 Å². The van der Waals surface area contributed by atoms with Crippen molar-refractivity contribution in [3.63, 3.8) is 0 Å². The molecule has 2 aromatic rings. The van der Waals surface area contributed by atoms with Gasteiger partial charge in [-0.3, -0.25) is 9.89 Å². The molecule has 2 N–H and O–H groups in total. The van der Waals surface area contributed by atoms with Gasteiger partial charge in [0.25, 0.3) is 0 Å². The number of nitrogens with one attached hydrogen (secondary N) is 2. The van der Waals surface area contributed by atoms with Crippen molar-refractivity contribution in [2.75, 3.05) is 59.6 Å². The van der Waals surface area contributed by atoms with Gasteiger partial charge in [-0.15, -0.1) is 24.0 Å². The molecule has 0 amide bonds. The lowest BCUT2D eigenvalue weighted by Crippen LogP contribution is -2.41. The first kappa shape index (κ1) is 24.5. The molecule has 1 aliphatic rings. The molecule has 0 saturated carbocycles. The predicted octanol–water partition coefficient (Wildman–Crippen LogP) is 2.56. The van der Waals surface area contributed by atoms with E-state index in [1.165, 1.54) is 5.56 Å². The lowest BCUT2D eigenvalue weighted by molar-refractivity contribution is 0.0394. The number of hydrogen-bond donors (Lipinski definition) is 2. The number of rotatable bonds is 10. The Labute approximate surface area is 196 Å². The molecule has 0 bridgehead atoms. The number of nitrogens with zero attached hydrogens (tertiary/aromatic N) is 2. The average molecular weight is 528 g/mol. The van der Waals surface area contributed by atoms with Crippen molar-refractivity contribution >= 4 is 29.9 Å². The zero-order valence-electron chi connectivity index (χ0n) is 17.6. The van der Waals surface area contributed by atoms with Gasteiger partial charge in [-0.05, 0) is 30.2 Å². The third-order valence-electron chi connectivity index (χ3n) is 4.91. The minimum atomic E-state index is 0. The molecule has 2 heterocycles. The van der Waals surface area contributed by atoms with E-state index >= 15 is 0 Å². The Kier molecular flexibility index (Phi) is 11.6. The number of methoxy groups -OCH3 is 1. The molecule has 0 radical (unpaired) electrons.